The Morgan fingerprint density at radius 1 is 1.59 bits per heavy atom. The van der Waals surface area contributed by atoms with Crippen LogP contribution in [0.2, 0.25) is 5.15 Å². The number of nitrogens with one attached hydrogen (secondary N) is 1. The number of hydrogen-bond acceptors (Lipinski definition) is 4. The molecule has 0 aromatic carbocycles. The molecule has 1 aromatic heterocycles. The summed E-state index contributed by atoms with van der Waals surface area (Å²) in [6.45, 7) is 3.83. The molecule has 0 saturated carbocycles. The van der Waals surface area contributed by atoms with E-state index in [0.29, 0.717) is 17.3 Å². The number of amides is 1. The average Bonchev–Trinajstić information content (AvgIpc) is 2.24. The van der Waals surface area contributed by atoms with E-state index in [9.17, 15) is 4.79 Å². The Bertz CT molecular complexity index is 377. The van der Waals surface area contributed by atoms with Gasteiger partial charge in [0.15, 0.2) is 0 Å². The van der Waals surface area contributed by atoms with Crippen molar-refractivity contribution in [3.63, 3.8) is 0 Å². The molecule has 6 heteroatoms. The van der Waals surface area contributed by atoms with E-state index in [4.69, 9.17) is 17.3 Å². The highest BCUT2D eigenvalue weighted by Crippen LogP contribution is 2.10. The van der Waals surface area contributed by atoms with Crippen LogP contribution in [0.1, 0.15) is 31.9 Å². The molecule has 17 heavy (non-hydrogen) atoms. The molecule has 1 rings (SSSR count). The van der Waals surface area contributed by atoms with E-state index < -0.39 is 6.04 Å². The smallest absolute Gasteiger partial charge is 0.243 e. The summed E-state index contributed by atoms with van der Waals surface area (Å²) in [5.74, 6) is -0.0768. The molecule has 1 aromatic rings. The Kier molecular flexibility index (Phi) is 5.31. The molecule has 0 saturated heterocycles. The SMILES string of the molecule is CCCC[C@H](N)C(=O)Nc1nc(C)cc(Cl)n1. The van der Waals surface area contributed by atoms with Gasteiger partial charge in [0.2, 0.25) is 11.9 Å². The second-order valence-electron chi connectivity index (χ2n) is 3.89. The number of carbonyl (C=O) groups is 1. The molecule has 1 heterocycles. The first kappa shape index (κ1) is 13.9. The van der Waals surface area contributed by atoms with Gasteiger partial charge in [0.25, 0.3) is 0 Å². The zero-order valence-electron chi connectivity index (χ0n) is 10.0. The molecule has 0 unspecified atom stereocenters. The minimum Gasteiger partial charge on any atom is -0.320 e. The Hall–Kier alpha value is -1.20. The minimum absolute atomic E-state index is 0.201. The van der Waals surface area contributed by atoms with Crippen LogP contribution in [0.25, 0.3) is 0 Å². The quantitative estimate of drug-likeness (QED) is 0.789. The van der Waals surface area contributed by atoms with Crippen LogP contribution in [-0.4, -0.2) is 21.9 Å². The van der Waals surface area contributed by atoms with E-state index in [-0.39, 0.29) is 11.9 Å². The number of carbonyl (C=O) groups excluding carboxylic acids is 1. The summed E-state index contributed by atoms with van der Waals surface area (Å²) >= 11 is 5.76. The molecule has 5 nitrogen and oxygen atoms in total. The Labute approximate surface area is 106 Å². The van der Waals surface area contributed by atoms with E-state index in [1.807, 2.05) is 6.92 Å². The number of nitrogens with two attached hydrogens (primary N) is 1. The van der Waals surface area contributed by atoms with Crippen molar-refractivity contribution in [2.45, 2.75) is 39.2 Å². The van der Waals surface area contributed by atoms with Crippen molar-refractivity contribution < 1.29 is 4.79 Å². The molecule has 0 fully saturated rings. The summed E-state index contributed by atoms with van der Waals surface area (Å²) in [4.78, 5) is 19.6. The zero-order chi connectivity index (χ0) is 12.8. The van der Waals surface area contributed by atoms with Crippen molar-refractivity contribution in [1.29, 1.82) is 0 Å². The van der Waals surface area contributed by atoms with Crippen LogP contribution < -0.4 is 11.1 Å². The van der Waals surface area contributed by atoms with Crippen LogP contribution in [-0.2, 0) is 4.79 Å². The van der Waals surface area contributed by atoms with Gasteiger partial charge in [0.1, 0.15) is 5.15 Å². The molecule has 1 amide bonds. The fourth-order valence-electron chi connectivity index (χ4n) is 1.34. The second kappa shape index (κ2) is 6.51. The van der Waals surface area contributed by atoms with Crippen molar-refractivity contribution >= 4 is 23.5 Å². The van der Waals surface area contributed by atoms with Crippen LogP contribution in [0, 0.1) is 6.92 Å². The Morgan fingerprint density at radius 2 is 2.29 bits per heavy atom. The molecule has 94 valence electrons. The van der Waals surface area contributed by atoms with Crippen molar-refractivity contribution in [3.8, 4) is 0 Å². The summed E-state index contributed by atoms with van der Waals surface area (Å²) in [6.07, 6.45) is 2.58. The molecule has 0 spiro atoms. The van der Waals surface area contributed by atoms with Crippen molar-refractivity contribution in [2.24, 2.45) is 5.73 Å². The molecular formula is C11H17ClN4O. The average molecular weight is 257 g/mol. The number of halogens is 1. The molecule has 0 radical (unpaired) electrons. The normalized spacial score (nSPS) is 12.2. The highest BCUT2D eigenvalue weighted by molar-refractivity contribution is 6.29. The first-order valence-corrected chi connectivity index (χ1v) is 5.98. The Morgan fingerprint density at radius 3 is 2.88 bits per heavy atom. The summed E-state index contributed by atoms with van der Waals surface area (Å²) in [6, 6.07) is 1.09. The lowest BCUT2D eigenvalue weighted by atomic mass is 10.1. The van der Waals surface area contributed by atoms with Crippen molar-refractivity contribution in [1.82, 2.24) is 9.97 Å². The van der Waals surface area contributed by atoms with Gasteiger partial charge in [-0.1, -0.05) is 31.4 Å². The minimum atomic E-state index is -0.530. The maximum atomic E-state index is 11.7. The van der Waals surface area contributed by atoms with Gasteiger partial charge in [0.05, 0.1) is 6.04 Å². The predicted octanol–water partition coefficient (Wildman–Crippen LogP) is 1.89. The summed E-state index contributed by atoms with van der Waals surface area (Å²) in [5.41, 5.74) is 6.42. The second-order valence-corrected chi connectivity index (χ2v) is 4.28. The van der Waals surface area contributed by atoms with Gasteiger partial charge in [-0.15, -0.1) is 0 Å². The van der Waals surface area contributed by atoms with E-state index in [0.717, 1.165) is 12.8 Å². The number of rotatable bonds is 5. The van der Waals surface area contributed by atoms with Crippen molar-refractivity contribution in [3.05, 3.63) is 16.9 Å². The number of aromatic nitrogens is 2. The fraction of sp³-hybridized carbons (Fsp3) is 0.545. The maximum Gasteiger partial charge on any atom is 0.243 e. The maximum absolute atomic E-state index is 11.7. The third kappa shape index (κ3) is 4.66. The van der Waals surface area contributed by atoms with Crippen LogP contribution in [0.15, 0.2) is 6.07 Å². The molecule has 0 aliphatic heterocycles. The number of hydrogen-bond donors (Lipinski definition) is 2. The van der Waals surface area contributed by atoms with Crippen molar-refractivity contribution in [2.75, 3.05) is 5.32 Å². The van der Waals surface area contributed by atoms with Crippen LogP contribution in [0.3, 0.4) is 0 Å². The topological polar surface area (TPSA) is 80.9 Å². The van der Waals surface area contributed by atoms with E-state index in [1.165, 1.54) is 0 Å². The largest absolute Gasteiger partial charge is 0.320 e. The molecule has 0 bridgehead atoms. The summed E-state index contributed by atoms with van der Waals surface area (Å²) in [5, 5.41) is 2.86. The molecule has 0 aliphatic rings. The van der Waals surface area contributed by atoms with Gasteiger partial charge in [-0.2, -0.15) is 0 Å². The number of unbranched alkanes of at least 4 members (excludes halogenated alkanes) is 1. The van der Waals surface area contributed by atoms with Gasteiger partial charge in [0, 0.05) is 5.69 Å². The molecule has 3 N–H and O–H groups in total. The van der Waals surface area contributed by atoms with Crippen LogP contribution >= 0.6 is 11.6 Å². The molecule has 1 atom stereocenters. The fourth-order valence-corrected chi connectivity index (χ4v) is 1.58. The zero-order valence-corrected chi connectivity index (χ0v) is 10.8. The molecule has 0 aliphatic carbocycles. The highest BCUT2D eigenvalue weighted by atomic mass is 35.5. The standard InChI is InChI=1S/C11H17ClN4O/c1-3-4-5-8(13)10(17)16-11-14-7(2)6-9(12)15-11/h6,8H,3-5,13H2,1-2H3,(H,14,15,16,17)/t8-/m0/s1. The lowest BCUT2D eigenvalue weighted by Crippen LogP contribution is -2.36. The number of nitrogens with zero attached hydrogens (tertiary/aromatic N) is 2. The van der Waals surface area contributed by atoms with Gasteiger partial charge in [-0.05, 0) is 19.4 Å². The molecular weight excluding hydrogens is 240 g/mol. The lowest BCUT2D eigenvalue weighted by Gasteiger charge is -2.10. The highest BCUT2D eigenvalue weighted by Gasteiger charge is 2.14. The monoisotopic (exact) mass is 256 g/mol. The summed E-state index contributed by atoms with van der Waals surface area (Å²) < 4.78 is 0. The Balaban J connectivity index is 2.61. The van der Waals surface area contributed by atoms with Gasteiger partial charge in [-0.25, -0.2) is 9.97 Å². The first-order chi connectivity index (χ1) is 8.02. The predicted molar refractivity (Wildman–Crippen MR) is 67.9 cm³/mol. The van der Waals surface area contributed by atoms with E-state index in [2.05, 4.69) is 15.3 Å². The third-order valence-electron chi connectivity index (χ3n) is 2.26. The number of anilines is 1. The van der Waals surface area contributed by atoms with E-state index >= 15 is 0 Å². The van der Waals surface area contributed by atoms with Gasteiger partial charge in [-0.3, -0.25) is 10.1 Å². The first-order valence-electron chi connectivity index (χ1n) is 5.60. The lowest BCUT2D eigenvalue weighted by molar-refractivity contribution is -0.117. The third-order valence-corrected chi connectivity index (χ3v) is 2.46. The van der Waals surface area contributed by atoms with Gasteiger partial charge >= 0.3 is 0 Å². The van der Waals surface area contributed by atoms with Crippen LogP contribution in [0.5, 0.6) is 0 Å². The van der Waals surface area contributed by atoms with Gasteiger partial charge < -0.3 is 5.73 Å². The number of aryl methyl sites for hydroxylation is 1. The van der Waals surface area contributed by atoms with Crippen LogP contribution in [0.4, 0.5) is 5.95 Å². The van der Waals surface area contributed by atoms with E-state index in [1.54, 1.807) is 13.0 Å². The summed E-state index contributed by atoms with van der Waals surface area (Å²) in [7, 11) is 0.